The molecule has 0 aliphatic heterocycles. The van der Waals surface area contributed by atoms with Gasteiger partial charge < -0.3 is 15.6 Å². The molecule has 2 aromatic carbocycles. The average Bonchev–Trinajstić information content (AvgIpc) is 2.74. The van der Waals surface area contributed by atoms with Crippen LogP contribution >= 0.6 is 0 Å². The predicted molar refractivity (Wildman–Crippen MR) is 133 cm³/mol. The van der Waals surface area contributed by atoms with E-state index < -0.39 is 0 Å². The van der Waals surface area contributed by atoms with Crippen LogP contribution in [0.1, 0.15) is 91.8 Å². The molecule has 0 radical (unpaired) electrons. The van der Waals surface area contributed by atoms with Crippen molar-refractivity contribution in [2.75, 3.05) is 0 Å². The van der Waals surface area contributed by atoms with Gasteiger partial charge in [-0.2, -0.15) is 0 Å². The van der Waals surface area contributed by atoms with Crippen molar-refractivity contribution in [1.82, 2.24) is 0 Å². The zero-order valence-corrected chi connectivity index (χ0v) is 21.3. The summed E-state index contributed by atoms with van der Waals surface area (Å²) in [7, 11) is 0. The first-order valence-electron chi connectivity index (χ1n) is 11.8. The maximum Gasteiger partial charge on any atom is 0.308 e. The average molecular weight is 440 g/mol. The number of esters is 1. The van der Waals surface area contributed by atoms with Gasteiger partial charge in [-0.15, -0.1) is 0 Å². The Morgan fingerprint density at radius 2 is 1.56 bits per heavy atom. The number of ether oxygens (including phenoxy) is 1. The van der Waals surface area contributed by atoms with Crippen molar-refractivity contribution in [3.63, 3.8) is 0 Å². The molecule has 3 N–H and O–H groups in total. The van der Waals surface area contributed by atoms with E-state index in [-0.39, 0.29) is 29.8 Å². The zero-order chi connectivity index (χ0) is 24.3. The molecule has 2 aromatic rings. The molecule has 176 valence electrons. The molecule has 1 unspecified atom stereocenters. The van der Waals surface area contributed by atoms with E-state index >= 15 is 0 Å². The fourth-order valence-electron chi connectivity index (χ4n) is 4.51. The summed E-state index contributed by atoms with van der Waals surface area (Å²) in [5.41, 5.74) is 13.9. The molecule has 4 heteroatoms. The van der Waals surface area contributed by atoms with Gasteiger partial charge in [-0.1, -0.05) is 39.8 Å². The van der Waals surface area contributed by atoms with Crippen LogP contribution in [0.3, 0.4) is 0 Å². The standard InChI is InChI=1S/C28H41NO3/c1-10-24(29)13-23-11-16(3)27(31)14-25(23)19(6)18(5)20(7)26-12-15(2)17(4)21(8)28(26)32-22(9)30/h11-12,14,18-20,24,31H,10,13,29H2,1-9H3/t18-,19+,20?,24-/m1/s1. The number of phenolic OH excluding ortho intramolecular Hbond substituents is 1. The fraction of sp³-hybridized carbons (Fsp3) is 0.536. The first-order valence-corrected chi connectivity index (χ1v) is 11.8. The van der Waals surface area contributed by atoms with Gasteiger partial charge in [0.2, 0.25) is 0 Å². The molecular weight excluding hydrogens is 398 g/mol. The molecule has 0 aromatic heterocycles. The highest BCUT2D eigenvalue weighted by atomic mass is 16.5. The summed E-state index contributed by atoms with van der Waals surface area (Å²) >= 11 is 0. The van der Waals surface area contributed by atoms with Gasteiger partial charge in [0, 0.05) is 13.0 Å². The van der Waals surface area contributed by atoms with Crippen LogP contribution in [0, 0.1) is 33.6 Å². The number of aryl methyl sites for hydroxylation is 2. The Bertz CT molecular complexity index is 979. The van der Waals surface area contributed by atoms with Gasteiger partial charge in [0.15, 0.2) is 0 Å². The SMILES string of the molecule is CC[C@@H](N)Cc1cc(C)c(O)cc1[C@@H](C)[C@@H](C)C(C)c1cc(C)c(C)c(C)c1OC(C)=O. The minimum atomic E-state index is -0.301. The number of carbonyl (C=O) groups excluding carboxylic acids is 1. The fourth-order valence-corrected chi connectivity index (χ4v) is 4.51. The van der Waals surface area contributed by atoms with E-state index in [0.29, 0.717) is 11.5 Å². The lowest BCUT2D eigenvalue weighted by molar-refractivity contribution is -0.132. The molecule has 0 bridgehead atoms. The van der Waals surface area contributed by atoms with E-state index in [1.165, 1.54) is 18.1 Å². The monoisotopic (exact) mass is 439 g/mol. The number of rotatable bonds is 8. The highest BCUT2D eigenvalue weighted by Gasteiger charge is 2.28. The smallest absolute Gasteiger partial charge is 0.308 e. The quantitative estimate of drug-likeness (QED) is 0.370. The number of phenols is 1. The van der Waals surface area contributed by atoms with E-state index in [9.17, 15) is 9.90 Å². The summed E-state index contributed by atoms with van der Waals surface area (Å²) in [5, 5.41) is 10.5. The third kappa shape index (κ3) is 5.53. The molecular formula is C28H41NO3. The van der Waals surface area contributed by atoms with Gasteiger partial charge in [0.05, 0.1) is 0 Å². The van der Waals surface area contributed by atoms with Crippen LogP contribution in [-0.4, -0.2) is 17.1 Å². The Balaban J connectivity index is 2.51. The van der Waals surface area contributed by atoms with Crippen molar-refractivity contribution >= 4 is 5.97 Å². The van der Waals surface area contributed by atoms with Crippen LogP contribution in [0.2, 0.25) is 0 Å². The molecule has 2 rings (SSSR count). The van der Waals surface area contributed by atoms with E-state index in [0.717, 1.165) is 40.7 Å². The van der Waals surface area contributed by atoms with E-state index in [1.807, 2.05) is 19.9 Å². The van der Waals surface area contributed by atoms with Crippen LogP contribution in [0.15, 0.2) is 18.2 Å². The van der Waals surface area contributed by atoms with Crippen molar-refractivity contribution in [2.45, 2.75) is 93.0 Å². The largest absolute Gasteiger partial charge is 0.508 e. The second kappa shape index (κ2) is 10.5. The molecule has 0 saturated heterocycles. The minimum absolute atomic E-state index is 0.0931. The number of hydrogen-bond acceptors (Lipinski definition) is 4. The second-order valence-electron chi connectivity index (χ2n) is 9.60. The highest BCUT2D eigenvalue weighted by molar-refractivity contribution is 5.71. The summed E-state index contributed by atoms with van der Waals surface area (Å²) in [4.78, 5) is 11.8. The van der Waals surface area contributed by atoms with Gasteiger partial charge >= 0.3 is 5.97 Å². The first kappa shape index (κ1) is 25.9. The van der Waals surface area contributed by atoms with Crippen molar-refractivity contribution in [3.8, 4) is 11.5 Å². The summed E-state index contributed by atoms with van der Waals surface area (Å²) in [6.07, 6.45) is 1.70. The summed E-state index contributed by atoms with van der Waals surface area (Å²) in [6.45, 7) is 18.3. The second-order valence-corrected chi connectivity index (χ2v) is 9.60. The predicted octanol–water partition coefficient (Wildman–Crippen LogP) is 6.37. The van der Waals surface area contributed by atoms with E-state index in [1.54, 1.807) is 0 Å². The molecule has 4 nitrogen and oxygen atoms in total. The molecule has 0 amide bonds. The van der Waals surface area contributed by atoms with Crippen LogP contribution in [0.4, 0.5) is 0 Å². The van der Waals surface area contributed by atoms with Crippen LogP contribution in [0.5, 0.6) is 11.5 Å². The van der Waals surface area contributed by atoms with Gasteiger partial charge in [-0.3, -0.25) is 4.79 Å². The molecule has 0 aliphatic carbocycles. The topological polar surface area (TPSA) is 72.6 Å². The lowest BCUT2D eigenvalue weighted by atomic mass is 9.75. The van der Waals surface area contributed by atoms with Gasteiger partial charge in [-0.25, -0.2) is 0 Å². The molecule has 0 heterocycles. The van der Waals surface area contributed by atoms with Gasteiger partial charge in [-0.05, 0) is 103 Å². The summed E-state index contributed by atoms with van der Waals surface area (Å²) < 4.78 is 5.70. The van der Waals surface area contributed by atoms with E-state index in [2.05, 4.69) is 53.7 Å². The maximum atomic E-state index is 11.8. The van der Waals surface area contributed by atoms with Gasteiger partial charge in [0.1, 0.15) is 11.5 Å². The number of benzene rings is 2. The summed E-state index contributed by atoms with van der Waals surface area (Å²) in [6, 6.07) is 6.25. The van der Waals surface area contributed by atoms with Crippen molar-refractivity contribution in [3.05, 3.63) is 57.1 Å². The molecule has 0 spiro atoms. The third-order valence-corrected chi connectivity index (χ3v) is 7.40. The summed E-state index contributed by atoms with van der Waals surface area (Å²) in [5.74, 6) is 1.28. The first-order chi connectivity index (χ1) is 14.9. The van der Waals surface area contributed by atoms with Crippen LogP contribution in [-0.2, 0) is 11.2 Å². The number of aromatic hydroxyl groups is 1. The molecule has 0 fully saturated rings. The Labute approximate surface area is 194 Å². The van der Waals surface area contributed by atoms with Crippen molar-refractivity contribution in [2.24, 2.45) is 11.7 Å². The lowest BCUT2D eigenvalue weighted by Gasteiger charge is -2.31. The normalized spacial score (nSPS) is 15.2. The number of hydrogen-bond donors (Lipinski definition) is 2. The maximum absolute atomic E-state index is 11.8. The van der Waals surface area contributed by atoms with Gasteiger partial charge in [0.25, 0.3) is 0 Å². The Hall–Kier alpha value is -2.33. The van der Waals surface area contributed by atoms with Crippen LogP contribution < -0.4 is 10.5 Å². The molecule has 4 atom stereocenters. The van der Waals surface area contributed by atoms with Crippen molar-refractivity contribution < 1.29 is 14.6 Å². The Morgan fingerprint density at radius 1 is 0.969 bits per heavy atom. The lowest BCUT2D eigenvalue weighted by Crippen LogP contribution is -2.23. The number of carbonyl (C=O) groups is 1. The Kier molecular flexibility index (Phi) is 8.53. The minimum Gasteiger partial charge on any atom is -0.508 e. The number of nitrogens with two attached hydrogens (primary N) is 1. The molecule has 32 heavy (non-hydrogen) atoms. The van der Waals surface area contributed by atoms with E-state index in [4.69, 9.17) is 10.5 Å². The Morgan fingerprint density at radius 3 is 2.12 bits per heavy atom. The molecule has 0 saturated carbocycles. The molecule has 0 aliphatic rings. The zero-order valence-electron chi connectivity index (χ0n) is 21.3. The highest BCUT2D eigenvalue weighted by Crippen LogP contribution is 2.43. The van der Waals surface area contributed by atoms with Crippen LogP contribution in [0.25, 0.3) is 0 Å². The third-order valence-electron chi connectivity index (χ3n) is 7.40. The van der Waals surface area contributed by atoms with Crippen molar-refractivity contribution in [1.29, 1.82) is 0 Å².